The Morgan fingerprint density at radius 1 is 1.15 bits per heavy atom. The van der Waals surface area contributed by atoms with Gasteiger partial charge in [0.1, 0.15) is 23.9 Å². The molecule has 1 heterocycles. The van der Waals surface area contributed by atoms with Crippen molar-refractivity contribution in [1.29, 1.82) is 15.8 Å². The summed E-state index contributed by atoms with van der Waals surface area (Å²) in [5.41, 5.74) is -0.264. The van der Waals surface area contributed by atoms with E-state index in [0.29, 0.717) is 11.1 Å². The third-order valence-electron chi connectivity index (χ3n) is 2.63. The van der Waals surface area contributed by atoms with Crippen LogP contribution < -0.4 is 10.9 Å². The molecule has 6 heteroatoms. The lowest BCUT2D eigenvalue weighted by atomic mass is 10.1. The van der Waals surface area contributed by atoms with Crippen molar-refractivity contribution in [1.82, 2.24) is 4.98 Å². The Bertz CT molecular complexity index is 871. The Hall–Kier alpha value is -3.56. The van der Waals surface area contributed by atoms with Crippen molar-refractivity contribution in [3.63, 3.8) is 0 Å². The van der Waals surface area contributed by atoms with E-state index in [-0.39, 0.29) is 16.8 Å². The van der Waals surface area contributed by atoms with Crippen molar-refractivity contribution >= 4 is 16.5 Å². The molecule has 0 radical (unpaired) electrons. The van der Waals surface area contributed by atoms with E-state index in [1.165, 1.54) is 6.07 Å². The molecule has 0 atom stereocenters. The second kappa shape index (κ2) is 5.39. The van der Waals surface area contributed by atoms with Crippen LogP contribution in [-0.4, -0.2) is 4.98 Å². The van der Waals surface area contributed by atoms with Gasteiger partial charge in [-0.2, -0.15) is 15.8 Å². The highest BCUT2D eigenvalue weighted by molar-refractivity contribution is 5.94. The Morgan fingerprint density at radius 3 is 2.55 bits per heavy atom. The van der Waals surface area contributed by atoms with Crippen LogP contribution >= 0.6 is 0 Å². The van der Waals surface area contributed by atoms with Gasteiger partial charge >= 0.3 is 0 Å². The smallest absolute Gasteiger partial charge is 0.248 e. The van der Waals surface area contributed by atoms with Gasteiger partial charge in [0, 0.05) is 28.7 Å². The second-order valence-electron chi connectivity index (χ2n) is 3.82. The number of nitrogens with zero attached hydrogens (tertiary/aromatic N) is 3. The molecule has 0 amide bonds. The summed E-state index contributed by atoms with van der Waals surface area (Å²) in [6.45, 7) is 0. The molecule has 0 bridgehead atoms. The molecule has 1 aromatic carbocycles. The quantitative estimate of drug-likeness (QED) is 0.799. The van der Waals surface area contributed by atoms with E-state index in [0.717, 1.165) is 5.39 Å². The largest absolute Gasteiger partial charge is 0.345 e. The van der Waals surface area contributed by atoms with E-state index >= 15 is 0 Å². The summed E-state index contributed by atoms with van der Waals surface area (Å²) in [4.78, 5) is 13.9. The molecule has 0 aliphatic carbocycles. The molecule has 2 rings (SSSR count). The van der Waals surface area contributed by atoms with Gasteiger partial charge in [-0.25, -0.2) is 0 Å². The Kier molecular flexibility index (Phi) is 3.47. The number of pyridine rings is 1. The van der Waals surface area contributed by atoms with E-state index in [1.54, 1.807) is 42.6 Å². The van der Waals surface area contributed by atoms with Gasteiger partial charge in [0.05, 0.1) is 0 Å². The van der Waals surface area contributed by atoms with Gasteiger partial charge in [-0.05, 0) is 6.07 Å². The fourth-order valence-electron chi connectivity index (χ4n) is 1.72. The van der Waals surface area contributed by atoms with Crippen molar-refractivity contribution in [2.24, 2.45) is 0 Å². The standard InChI is InChI=1S/C14H7N5O/c15-5-10(6-16)13(7-17)19-12-3-1-2-9-8-18-14(20)4-11(9)12/h1-4,8,19H,(H,18,20). The number of rotatable bonds is 2. The number of anilines is 1. The first kappa shape index (κ1) is 12.9. The first-order chi connectivity index (χ1) is 9.69. The minimum atomic E-state index is -0.311. The van der Waals surface area contributed by atoms with Gasteiger partial charge in [-0.3, -0.25) is 4.79 Å². The molecule has 94 valence electrons. The molecule has 20 heavy (non-hydrogen) atoms. The van der Waals surface area contributed by atoms with Crippen molar-refractivity contribution < 1.29 is 0 Å². The van der Waals surface area contributed by atoms with E-state index in [9.17, 15) is 4.79 Å². The first-order valence-corrected chi connectivity index (χ1v) is 5.52. The molecule has 0 saturated carbocycles. The summed E-state index contributed by atoms with van der Waals surface area (Å²) >= 11 is 0. The van der Waals surface area contributed by atoms with Gasteiger partial charge in [0.15, 0.2) is 5.57 Å². The number of aromatic amines is 1. The van der Waals surface area contributed by atoms with Crippen molar-refractivity contribution in [3.05, 3.63) is 52.1 Å². The third-order valence-corrected chi connectivity index (χ3v) is 2.63. The topological polar surface area (TPSA) is 116 Å². The van der Waals surface area contributed by atoms with Crippen molar-refractivity contribution in [3.8, 4) is 18.2 Å². The first-order valence-electron chi connectivity index (χ1n) is 5.52. The van der Waals surface area contributed by atoms with Crippen LogP contribution in [0.2, 0.25) is 0 Å². The normalized spacial score (nSPS) is 9.05. The van der Waals surface area contributed by atoms with Crippen LogP contribution in [0.5, 0.6) is 0 Å². The molecule has 0 aliphatic rings. The summed E-state index contributed by atoms with van der Waals surface area (Å²) in [5.74, 6) is 0. The minimum Gasteiger partial charge on any atom is -0.345 e. The second-order valence-corrected chi connectivity index (χ2v) is 3.82. The average Bonchev–Trinajstić information content (AvgIpc) is 2.47. The Morgan fingerprint density at radius 2 is 1.90 bits per heavy atom. The Labute approximate surface area is 113 Å². The fourth-order valence-corrected chi connectivity index (χ4v) is 1.72. The van der Waals surface area contributed by atoms with Crippen LogP contribution in [0.25, 0.3) is 10.8 Å². The maximum Gasteiger partial charge on any atom is 0.248 e. The maximum atomic E-state index is 11.4. The predicted molar refractivity (Wildman–Crippen MR) is 72.1 cm³/mol. The summed E-state index contributed by atoms with van der Waals surface area (Å²) in [6.07, 6.45) is 1.55. The zero-order valence-corrected chi connectivity index (χ0v) is 10.1. The molecule has 0 aliphatic heterocycles. The molecule has 0 saturated heterocycles. The van der Waals surface area contributed by atoms with Crippen LogP contribution in [0.4, 0.5) is 5.69 Å². The molecule has 0 fully saturated rings. The number of benzene rings is 1. The van der Waals surface area contributed by atoms with Gasteiger partial charge in [-0.1, -0.05) is 12.1 Å². The van der Waals surface area contributed by atoms with Gasteiger partial charge < -0.3 is 10.3 Å². The number of fused-ring (bicyclic) bond motifs is 1. The summed E-state index contributed by atoms with van der Waals surface area (Å²) in [7, 11) is 0. The summed E-state index contributed by atoms with van der Waals surface area (Å²) < 4.78 is 0. The van der Waals surface area contributed by atoms with Gasteiger partial charge in [-0.15, -0.1) is 0 Å². The zero-order valence-electron chi connectivity index (χ0n) is 10.1. The van der Waals surface area contributed by atoms with E-state index in [4.69, 9.17) is 15.8 Å². The van der Waals surface area contributed by atoms with E-state index < -0.39 is 0 Å². The van der Waals surface area contributed by atoms with Gasteiger partial charge in [0.2, 0.25) is 5.56 Å². The molecule has 0 spiro atoms. The number of hydrogen-bond donors (Lipinski definition) is 2. The van der Waals surface area contributed by atoms with Crippen LogP contribution in [0.1, 0.15) is 0 Å². The summed E-state index contributed by atoms with van der Waals surface area (Å²) in [5, 5.41) is 30.7. The number of hydrogen-bond acceptors (Lipinski definition) is 5. The molecule has 2 aromatic rings. The highest BCUT2D eigenvalue weighted by Crippen LogP contribution is 2.23. The lowest BCUT2D eigenvalue weighted by Crippen LogP contribution is -2.05. The number of allylic oxidation sites excluding steroid dienone is 2. The molecule has 2 N–H and O–H groups in total. The molecule has 1 aromatic heterocycles. The van der Waals surface area contributed by atoms with E-state index in [2.05, 4.69) is 10.3 Å². The maximum absolute atomic E-state index is 11.4. The molecule has 0 unspecified atom stereocenters. The minimum absolute atomic E-state index is 0.150. The Balaban J connectivity index is 2.62. The molecule has 6 nitrogen and oxygen atoms in total. The molecular formula is C14H7N5O. The van der Waals surface area contributed by atoms with Crippen LogP contribution in [-0.2, 0) is 0 Å². The monoisotopic (exact) mass is 261 g/mol. The number of aromatic nitrogens is 1. The van der Waals surface area contributed by atoms with Crippen LogP contribution in [0.3, 0.4) is 0 Å². The lowest BCUT2D eigenvalue weighted by Gasteiger charge is -2.08. The number of nitrogens with one attached hydrogen (secondary N) is 2. The highest BCUT2D eigenvalue weighted by Gasteiger charge is 2.08. The highest BCUT2D eigenvalue weighted by atomic mass is 16.1. The fraction of sp³-hybridized carbons (Fsp3) is 0. The van der Waals surface area contributed by atoms with Gasteiger partial charge in [0.25, 0.3) is 0 Å². The predicted octanol–water partition coefficient (Wildman–Crippen LogP) is 1.76. The average molecular weight is 261 g/mol. The SMILES string of the molecule is N#CC(C#N)=C(C#N)Nc1cccc2c[nH]c(=O)cc12. The van der Waals surface area contributed by atoms with Crippen molar-refractivity contribution in [2.45, 2.75) is 0 Å². The summed E-state index contributed by atoms with van der Waals surface area (Å²) in [6, 6.07) is 11.6. The van der Waals surface area contributed by atoms with Crippen LogP contribution in [0.15, 0.2) is 46.5 Å². The molecular weight excluding hydrogens is 254 g/mol. The van der Waals surface area contributed by atoms with Crippen molar-refractivity contribution in [2.75, 3.05) is 5.32 Å². The number of nitriles is 3. The number of H-pyrrole nitrogens is 1. The third kappa shape index (κ3) is 2.33. The lowest BCUT2D eigenvalue weighted by molar-refractivity contribution is 1.27. The van der Waals surface area contributed by atoms with E-state index in [1.807, 2.05) is 0 Å². The van der Waals surface area contributed by atoms with Crippen LogP contribution in [0, 0.1) is 34.0 Å². The zero-order chi connectivity index (χ0) is 14.5.